The van der Waals surface area contributed by atoms with Gasteiger partial charge in [-0.15, -0.1) is 0 Å². The van der Waals surface area contributed by atoms with E-state index in [1.807, 2.05) is 0 Å². The molecule has 92 valence electrons. The number of esters is 1. The molecule has 0 amide bonds. The van der Waals surface area contributed by atoms with Crippen LogP contribution in [0.25, 0.3) is 0 Å². The molecule has 17 heavy (non-hydrogen) atoms. The molecular weight excluding hydrogens is 247 g/mol. The van der Waals surface area contributed by atoms with E-state index in [2.05, 4.69) is 4.74 Å². The molecule has 1 aromatic carbocycles. The molecule has 0 aliphatic rings. The van der Waals surface area contributed by atoms with Crippen molar-refractivity contribution in [1.29, 1.82) is 0 Å². The molecule has 1 rings (SSSR count). The van der Waals surface area contributed by atoms with Crippen LogP contribution >= 0.6 is 0 Å². The van der Waals surface area contributed by atoms with Gasteiger partial charge in [0, 0.05) is 0 Å². The van der Waals surface area contributed by atoms with Gasteiger partial charge in [0.05, 0.1) is 5.56 Å². The minimum atomic E-state index is -4.98. The average Bonchev–Trinajstić information content (AvgIpc) is 2.28. The maximum atomic E-state index is 12.6. The SMILES string of the molecule is O=C(OC(F)(F)C(F)=C(F)F)c1ccccc1. The second kappa shape index (κ2) is 4.94. The zero-order valence-electron chi connectivity index (χ0n) is 8.09. The van der Waals surface area contributed by atoms with Crippen molar-refractivity contribution < 1.29 is 31.5 Å². The third-order valence-electron chi connectivity index (χ3n) is 1.65. The van der Waals surface area contributed by atoms with Crippen molar-refractivity contribution in [2.75, 3.05) is 0 Å². The first-order chi connectivity index (χ1) is 7.84. The number of carbonyl (C=O) groups is 1. The second-order valence-corrected chi connectivity index (χ2v) is 2.85. The van der Waals surface area contributed by atoms with Crippen molar-refractivity contribution in [1.82, 2.24) is 0 Å². The monoisotopic (exact) mass is 252 g/mol. The van der Waals surface area contributed by atoms with Crippen molar-refractivity contribution >= 4 is 5.97 Å². The van der Waals surface area contributed by atoms with Crippen LogP contribution in [0.4, 0.5) is 22.0 Å². The van der Waals surface area contributed by atoms with Crippen LogP contribution in [0.2, 0.25) is 0 Å². The summed E-state index contributed by atoms with van der Waals surface area (Å²) in [6.07, 6.45) is -8.22. The predicted molar refractivity (Wildman–Crippen MR) is 47.2 cm³/mol. The maximum Gasteiger partial charge on any atom is 0.461 e. The molecule has 0 fully saturated rings. The molecule has 7 heteroatoms. The van der Waals surface area contributed by atoms with Gasteiger partial charge >= 0.3 is 18.2 Å². The molecule has 0 saturated heterocycles. The third kappa shape index (κ3) is 3.27. The summed E-state index contributed by atoms with van der Waals surface area (Å²) < 4.78 is 64.2. The van der Waals surface area contributed by atoms with Gasteiger partial charge in [0.2, 0.25) is 0 Å². The van der Waals surface area contributed by atoms with Gasteiger partial charge in [0.25, 0.3) is 5.83 Å². The first-order valence-electron chi connectivity index (χ1n) is 4.22. The molecule has 0 N–H and O–H groups in total. The Morgan fingerprint density at radius 2 is 1.59 bits per heavy atom. The van der Waals surface area contributed by atoms with Crippen LogP contribution in [-0.4, -0.2) is 12.1 Å². The van der Waals surface area contributed by atoms with E-state index in [0.717, 1.165) is 12.1 Å². The lowest BCUT2D eigenvalue weighted by atomic mass is 10.2. The normalized spacial score (nSPS) is 10.9. The molecule has 0 aromatic heterocycles. The fourth-order valence-corrected chi connectivity index (χ4v) is 0.904. The molecule has 0 bridgehead atoms. The Labute approximate surface area is 92.3 Å². The van der Waals surface area contributed by atoms with Gasteiger partial charge in [0.15, 0.2) is 0 Å². The number of rotatable bonds is 3. The molecule has 0 aliphatic heterocycles. The minimum Gasteiger partial charge on any atom is -0.391 e. The number of ether oxygens (including phenoxy) is 1. The van der Waals surface area contributed by atoms with E-state index in [0.29, 0.717) is 0 Å². The topological polar surface area (TPSA) is 26.3 Å². The summed E-state index contributed by atoms with van der Waals surface area (Å²) in [5, 5.41) is 0. The van der Waals surface area contributed by atoms with Gasteiger partial charge in [-0.1, -0.05) is 18.2 Å². The lowest BCUT2D eigenvalue weighted by Crippen LogP contribution is -2.26. The number of hydrogen-bond acceptors (Lipinski definition) is 2. The summed E-state index contributed by atoms with van der Waals surface area (Å²) in [6, 6.07) is 6.42. The van der Waals surface area contributed by atoms with Crippen LogP contribution in [0.1, 0.15) is 10.4 Å². The number of alkyl halides is 2. The van der Waals surface area contributed by atoms with Crippen LogP contribution in [0.3, 0.4) is 0 Å². The van der Waals surface area contributed by atoms with Crippen LogP contribution in [-0.2, 0) is 4.74 Å². The molecule has 0 radical (unpaired) electrons. The van der Waals surface area contributed by atoms with Gasteiger partial charge in [0.1, 0.15) is 0 Å². The summed E-state index contributed by atoms with van der Waals surface area (Å²) in [6.45, 7) is 0. The van der Waals surface area contributed by atoms with Crippen molar-refractivity contribution in [3.05, 3.63) is 47.8 Å². The van der Waals surface area contributed by atoms with E-state index in [4.69, 9.17) is 0 Å². The fraction of sp³-hybridized carbons (Fsp3) is 0.100. The maximum absolute atomic E-state index is 12.6. The molecule has 0 spiro atoms. The number of carbonyl (C=O) groups excluding carboxylic acids is 1. The molecule has 1 aromatic rings. The van der Waals surface area contributed by atoms with Gasteiger partial charge < -0.3 is 4.74 Å². The molecule has 0 heterocycles. The summed E-state index contributed by atoms with van der Waals surface area (Å²) in [7, 11) is 0. The molecule has 0 unspecified atom stereocenters. The Morgan fingerprint density at radius 3 is 2.06 bits per heavy atom. The summed E-state index contributed by atoms with van der Waals surface area (Å²) in [4.78, 5) is 11.1. The third-order valence-corrected chi connectivity index (χ3v) is 1.65. The van der Waals surface area contributed by atoms with Gasteiger partial charge in [-0.2, -0.15) is 22.0 Å². The first kappa shape index (κ1) is 13.1. The highest BCUT2D eigenvalue weighted by Crippen LogP contribution is 2.31. The summed E-state index contributed by atoms with van der Waals surface area (Å²) in [5.74, 6) is -4.69. The zero-order chi connectivity index (χ0) is 13.1. The highest BCUT2D eigenvalue weighted by molar-refractivity contribution is 5.89. The van der Waals surface area contributed by atoms with Crippen LogP contribution in [0.15, 0.2) is 42.2 Å². The molecule has 0 saturated carbocycles. The van der Waals surface area contributed by atoms with Crippen molar-refractivity contribution in [3.8, 4) is 0 Å². The Bertz CT molecular complexity index is 437. The van der Waals surface area contributed by atoms with Crippen molar-refractivity contribution in [2.24, 2.45) is 0 Å². The van der Waals surface area contributed by atoms with Crippen molar-refractivity contribution in [2.45, 2.75) is 6.11 Å². The Kier molecular flexibility index (Phi) is 3.82. The van der Waals surface area contributed by atoms with Gasteiger partial charge in [-0.05, 0) is 12.1 Å². The van der Waals surface area contributed by atoms with E-state index in [-0.39, 0.29) is 5.56 Å². The van der Waals surface area contributed by atoms with Crippen LogP contribution < -0.4 is 0 Å². The number of benzene rings is 1. The number of halogens is 5. The quantitative estimate of drug-likeness (QED) is 0.607. The van der Waals surface area contributed by atoms with Gasteiger partial charge in [-0.25, -0.2) is 4.79 Å². The Balaban J connectivity index is 2.86. The Hall–Kier alpha value is -1.92. The van der Waals surface area contributed by atoms with E-state index < -0.39 is 24.0 Å². The fourth-order valence-electron chi connectivity index (χ4n) is 0.904. The largest absolute Gasteiger partial charge is 0.461 e. The lowest BCUT2D eigenvalue weighted by Gasteiger charge is -2.13. The zero-order valence-corrected chi connectivity index (χ0v) is 8.09. The molecule has 0 aliphatic carbocycles. The van der Waals surface area contributed by atoms with Gasteiger partial charge in [-0.3, -0.25) is 0 Å². The number of hydrogen-bond donors (Lipinski definition) is 0. The molecule has 0 atom stereocenters. The van der Waals surface area contributed by atoms with Crippen LogP contribution in [0.5, 0.6) is 0 Å². The van der Waals surface area contributed by atoms with E-state index in [9.17, 15) is 26.7 Å². The Morgan fingerprint density at radius 1 is 1.06 bits per heavy atom. The lowest BCUT2D eigenvalue weighted by molar-refractivity contribution is -0.185. The average molecular weight is 252 g/mol. The molecular formula is C10H5F5O2. The highest BCUT2D eigenvalue weighted by atomic mass is 19.3. The van der Waals surface area contributed by atoms with Crippen molar-refractivity contribution in [3.63, 3.8) is 0 Å². The summed E-state index contributed by atoms with van der Waals surface area (Å²) >= 11 is 0. The van der Waals surface area contributed by atoms with E-state index in [1.165, 1.54) is 18.2 Å². The smallest absolute Gasteiger partial charge is 0.391 e. The van der Waals surface area contributed by atoms with E-state index >= 15 is 0 Å². The second-order valence-electron chi connectivity index (χ2n) is 2.85. The standard InChI is InChI=1S/C10H5F5O2/c11-7(8(12)13)10(14,15)17-9(16)6-4-2-1-3-5-6/h1-5H. The van der Waals surface area contributed by atoms with E-state index in [1.54, 1.807) is 0 Å². The minimum absolute atomic E-state index is 0.306. The predicted octanol–water partition coefficient (Wildman–Crippen LogP) is 3.51. The molecule has 2 nitrogen and oxygen atoms in total. The summed E-state index contributed by atoms with van der Waals surface area (Å²) in [5.41, 5.74) is -0.306. The highest BCUT2D eigenvalue weighted by Gasteiger charge is 2.44. The van der Waals surface area contributed by atoms with Crippen LogP contribution in [0, 0.1) is 0 Å². The first-order valence-corrected chi connectivity index (χ1v) is 4.22.